The Kier molecular flexibility index (Phi) is 5.52. The number of carbonyl (C=O) groups excluding carboxylic acids is 3. The average molecular weight is 413 g/mol. The Balaban J connectivity index is 2.31. The molecule has 3 aromatic rings. The Bertz CT molecular complexity index is 1200. The number of pyridine rings is 1. The van der Waals surface area contributed by atoms with Gasteiger partial charge >= 0.3 is 5.97 Å². The first kappa shape index (κ1) is 20.3. The molecule has 29 heavy (non-hydrogen) atoms. The molecule has 8 heteroatoms. The SMILES string of the molecule is CC(=O)Oc1c(C(=O)N(C(C)=O)c2ccc(Cl)cc2)c(=O)n(C)c2ccccc12. The zero-order valence-corrected chi connectivity index (χ0v) is 16.7. The minimum absolute atomic E-state index is 0.179. The zero-order chi connectivity index (χ0) is 21.3. The molecule has 0 N–H and O–H groups in total. The summed E-state index contributed by atoms with van der Waals surface area (Å²) in [6, 6.07) is 12.7. The molecule has 2 aromatic carbocycles. The number of aryl methyl sites for hydroxylation is 1. The highest BCUT2D eigenvalue weighted by Gasteiger charge is 2.30. The van der Waals surface area contributed by atoms with Gasteiger partial charge in [-0.25, -0.2) is 4.90 Å². The molecule has 0 radical (unpaired) electrons. The van der Waals surface area contributed by atoms with Gasteiger partial charge in [0, 0.05) is 31.3 Å². The van der Waals surface area contributed by atoms with E-state index in [1.54, 1.807) is 24.3 Å². The van der Waals surface area contributed by atoms with Gasteiger partial charge < -0.3 is 9.30 Å². The van der Waals surface area contributed by atoms with E-state index >= 15 is 0 Å². The van der Waals surface area contributed by atoms with Crippen LogP contribution in [0.15, 0.2) is 53.3 Å². The molecule has 0 aliphatic heterocycles. The van der Waals surface area contributed by atoms with Crippen molar-refractivity contribution in [1.29, 1.82) is 0 Å². The summed E-state index contributed by atoms with van der Waals surface area (Å²) < 4.78 is 6.54. The minimum Gasteiger partial charge on any atom is -0.425 e. The fourth-order valence-electron chi connectivity index (χ4n) is 3.05. The third kappa shape index (κ3) is 3.77. The van der Waals surface area contributed by atoms with Crippen molar-refractivity contribution in [3.8, 4) is 5.75 Å². The largest absolute Gasteiger partial charge is 0.425 e. The smallest absolute Gasteiger partial charge is 0.308 e. The van der Waals surface area contributed by atoms with Crippen molar-refractivity contribution in [2.45, 2.75) is 13.8 Å². The Hall–Kier alpha value is -3.45. The summed E-state index contributed by atoms with van der Waals surface area (Å²) in [7, 11) is 1.50. The predicted octanol–water partition coefficient (Wildman–Crippen LogP) is 3.31. The number of fused-ring (bicyclic) bond motifs is 1. The molecule has 0 saturated heterocycles. The van der Waals surface area contributed by atoms with Crippen molar-refractivity contribution in [3.63, 3.8) is 0 Å². The molecule has 0 fully saturated rings. The van der Waals surface area contributed by atoms with Gasteiger partial charge in [0.15, 0.2) is 5.75 Å². The van der Waals surface area contributed by atoms with Crippen LogP contribution in [0.25, 0.3) is 10.9 Å². The quantitative estimate of drug-likeness (QED) is 0.616. The maximum absolute atomic E-state index is 13.4. The van der Waals surface area contributed by atoms with Crippen molar-refractivity contribution in [2.75, 3.05) is 4.90 Å². The van der Waals surface area contributed by atoms with Crippen LogP contribution in [0.5, 0.6) is 5.75 Å². The molecule has 1 heterocycles. The van der Waals surface area contributed by atoms with Crippen LogP contribution >= 0.6 is 11.6 Å². The highest BCUT2D eigenvalue weighted by atomic mass is 35.5. The van der Waals surface area contributed by atoms with E-state index in [2.05, 4.69) is 0 Å². The molecular formula is C21H17ClN2O5. The van der Waals surface area contributed by atoms with Crippen LogP contribution in [0.1, 0.15) is 24.2 Å². The summed E-state index contributed by atoms with van der Waals surface area (Å²) in [5, 5.41) is 0.819. The molecule has 0 saturated carbocycles. The van der Waals surface area contributed by atoms with Gasteiger partial charge in [-0.05, 0) is 36.4 Å². The standard InChI is InChI=1S/C21H17ClN2O5/c1-12(25)24(15-10-8-14(22)9-11-15)21(28)18-19(29-13(2)26)16-6-4-5-7-17(16)23(3)20(18)27/h4-11H,1-3H3. The first-order chi connectivity index (χ1) is 13.7. The summed E-state index contributed by atoms with van der Waals surface area (Å²) in [4.78, 5) is 51.2. The molecule has 0 aliphatic rings. The second-order valence-corrected chi connectivity index (χ2v) is 6.75. The number of aromatic nitrogens is 1. The van der Waals surface area contributed by atoms with E-state index in [1.165, 1.54) is 49.7 Å². The molecule has 148 valence electrons. The van der Waals surface area contributed by atoms with E-state index in [-0.39, 0.29) is 11.4 Å². The monoisotopic (exact) mass is 412 g/mol. The van der Waals surface area contributed by atoms with Crippen LogP contribution in [0.3, 0.4) is 0 Å². The number of nitrogens with zero attached hydrogens (tertiary/aromatic N) is 2. The molecule has 3 rings (SSSR count). The van der Waals surface area contributed by atoms with E-state index in [0.717, 1.165) is 4.90 Å². The number of esters is 1. The second-order valence-electron chi connectivity index (χ2n) is 6.32. The van der Waals surface area contributed by atoms with Gasteiger partial charge in [0.25, 0.3) is 11.5 Å². The molecule has 0 bridgehead atoms. The van der Waals surface area contributed by atoms with Crippen molar-refractivity contribution in [2.24, 2.45) is 7.05 Å². The van der Waals surface area contributed by atoms with Crippen molar-refractivity contribution in [3.05, 3.63) is 69.5 Å². The highest BCUT2D eigenvalue weighted by molar-refractivity contribution is 6.30. The lowest BCUT2D eigenvalue weighted by Gasteiger charge is -2.21. The molecule has 0 atom stereocenters. The lowest BCUT2D eigenvalue weighted by atomic mass is 10.1. The molecule has 0 spiro atoms. The summed E-state index contributed by atoms with van der Waals surface area (Å²) in [5.74, 6) is -2.39. The van der Waals surface area contributed by atoms with Gasteiger partial charge in [0.1, 0.15) is 5.56 Å². The van der Waals surface area contributed by atoms with Gasteiger partial charge in [-0.2, -0.15) is 0 Å². The normalized spacial score (nSPS) is 10.6. The first-order valence-corrected chi connectivity index (χ1v) is 9.01. The lowest BCUT2D eigenvalue weighted by molar-refractivity contribution is -0.131. The highest BCUT2D eigenvalue weighted by Crippen LogP contribution is 2.30. The van der Waals surface area contributed by atoms with Crippen LogP contribution in [-0.4, -0.2) is 22.4 Å². The predicted molar refractivity (Wildman–Crippen MR) is 109 cm³/mol. The molecule has 0 unspecified atom stereocenters. The van der Waals surface area contributed by atoms with E-state index in [9.17, 15) is 19.2 Å². The number of hydrogen-bond donors (Lipinski definition) is 0. The van der Waals surface area contributed by atoms with Gasteiger partial charge in [-0.3, -0.25) is 19.2 Å². The number of benzene rings is 2. The molecule has 2 amide bonds. The Morgan fingerprint density at radius 2 is 1.62 bits per heavy atom. The fourth-order valence-corrected chi connectivity index (χ4v) is 3.18. The van der Waals surface area contributed by atoms with Gasteiger partial charge in [0.2, 0.25) is 5.91 Å². The zero-order valence-electron chi connectivity index (χ0n) is 15.9. The number of hydrogen-bond acceptors (Lipinski definition) is 5. The molecular weight excluding hydrogens is 396 g/mol. The molecule has 7 nitrogen and oxygen atoms in total. The third-order valence-electron chi connectivity index (χ3n) is 4.32. The molecule has 0 aliphatic carbocycles. The molecule has 1 aromatic heterocycles. The number of imide groups is 1. The van der Waals surface area contributed by atoms with E-state index in [1.807, 2.05) is 0 Å². The van der Waals surface area contributed by atoms with E-state index < -0.39 is 28.9 Å². The van der Waals surface area contributed by atoms with Crippen molar-refractivity contribution in [1.82, 2.24) is 4.57 Å². The topological polar surface area (TPSA) is 85.7 Å². The van der Waals surface area contributed by atoms with Crippen molar-refractivity contribution >= 4 is 46.0 Å². The first-order valence-electron chi connectivity index (χ1n) is 8.63. The van der Waals surface area contributed by atoms with Crippen LogP contribution in [0.4, 0.5) is 5.69 Å². The number of amides is 2. The third-order valence-corrected chi connectivity index (χ3v) is 4.57. The number of rotatable bonds is 3. The fraction of sp³-hybridized carbons (Fsp3) is 0.143. The minimum atomic E-state index is -0.901. The van der Waals surface area contributed by atoms with Gasteiger partial charge in [0.05, 0.1) is 11.2 Å². The Morgan fingerprint density at radius 1 is 1.00 bits per heavy atom. The summed E-state index contributed by atoms with van der Waals surface area (Å²) in [6.07, 6.45) is 0. The Labute approximate surface area is 171 Å². The van der Waals surface area contributed by atoms with Crippen LogP contribution < -0.4 is 15.2 Å². The van der Waals surface area contributed by atoms with Crippen LogP contribution in [0, 0.1) is 0 Å². The van der Waals surface area contributed by atoms with Crippen LogP contribution in [-0.2, 0) is 16.6 Å². The van der Waals surface area contributed by atoms with Crippen molar-refractivity contribution < 1.29 is 19.1 Å². The number of ether oxygens (including phenoxy) is 1. The Morgan fingerprint density at radius 3 is 2.21 bits per heavy atom. The maximum atomic E-state index is 13.4. The van der Waals surface area contributed by atoms with Gasteiger partial charge in [-0.1, -0.05) is 23.7 Å². The summed E-state index contributed by atoms with van der Waals surface area (Å²) in [5.41, 5.74) is -0.390. The van der Waals surface area contributed by atoms with E-state index in [4.69, 9.17) is 16.3 Å². The van der Waals surface area contributed by atoms with E-state index in [0.29, 0.717) is 15.9 Å². The van der Waals surface area contributed by atoms with Crippen LogP contribution in [0.2, 0.25) is 5.02 Å². The number of carbonyl (C=O) groups is 3. The maximum Gasteiger partial charge on any atom is 0.308 e. The average Bonchev–Trinajstić information content (AvgIpc) is 2.67. The van der Waals surface area contributed by atoms with Gasteiger partial charge in [-0.15, -0.1) is 0 Å². The number of para-hydroxylation sites is 1. The number of halogens is 1. The summed E-state index contributed by atoms with van der Waals surface area (Å²) >= 11 is 5.89. The number of anilines is 1. The lowest BCUT2D eigenvalue weighted by Crippen LogP contribution is -2.40. The summed E-state index contributed by atoms with van der Waals surface area (Å²) in [6.45, 7) is 2.37. The second kappa shape index (κ2) is 7.89.